The lowest BCUT2D eigenvalue weighted by Gasteiger charge is -2.03. The molecule has 0 unspecified atom stereocenters. The lowest BCUT2D eigenvalue weighted by Crippen LogP contribution is -1.79. The standard InChI is InChI=1S/C11H9NO2/c13-9-3-4-10(11(14)6-9)8-2-1-5-12-7-8/h1-7,13-14H. The third-order valence-corrected chi connectivity index (χ3v) is 1.95. The molecule has 2 rings (SSSR count). The zero-order chi connectivity index (χ0) is 9.97. The summed E-state index contributed by atoms with van der Waals surface area (Å²) in [5.41, 5.74) is 1.49. The predicted molar refractivity (Wildman–Crippen MR) is 53.0 cm³/mol. The monoisotopic (exact) mass is 187 g/mol. The third kappa shape index (κ3) is 1.52. The molecule has 1 aromatic heterocycles. The molecule has 0 atom stereocenters. The van der Waals surface area contributed by atoms with Gasteiger partial charge in [0.1, 0.15) is 11.5 Å². The van der Waals surface area contributed by atoms with Gasteiger partial charge in [-0.15, -0.1) is 0 Å². The molecule has 0 radical (unpaired) electrons. The summed E-state index contributed by atoms with van der Waals surface area (Å²) in [5, 5.41) is 18.7. The Hall–Kier alpha value is -2.03. The van der Waals surface area contributed by atoms with Crippen LogP contribution in [0.5, 0.6) is 11.5 Å². The van der Waals surface area contributed by atoms with Crippen LogP contribution in [0, 0.1) is 0 Å². The van der Waals surface area contributed by atoms with Crippen molar-refractivity contribution in [2.75, 3.05) is 0 Å². The van der Waals surface area contributed by atoms with Crippen LogP contribution in [0.4, 0.5) is 0 Å². The first-order valence-corrected chi connectivity index (χ1v) is 4.20. The number of phenolic OH excluding ortho intramolecular Hbond substituents is 2. The van der Waals surface area contributed by atoms with E-state index in [4.69, 9.17) is 5.11 Å². The maximum atomic E-state index is 9.56. The number of aromatic nitrogens is 1. The van der Waals surface area contributed by atoms with Crippen LogP contribution in [0.25, 0.3) is 11.1 Å². The molecule has 0 bridgehead atoms. The zero-order valence-electron chi connectivity index (χ0n) is 7.38. The summed E-state index contributed by atoms with van der Waals surface area (Å²) in [6, 6.07) is 8.13. The highest BCUT2D eigenvalue weighted by Gasteiger charge is 2.04. The van der Waals surface area contributed by atoms with E-state index in [0.29, 0.717) is 5.56 Å². The number of rotatable bonds is 1. The van der Waals surface area contributed by atoms with E-state index in [1.165, 1.54) is 12.1 Å². The molecule has 1 aromatic carbocycles. The highest BCUT2D eigenvalue weighted by Crippen LogP contribution is 2.31. The smallest absolute Gasteiger partial charge is 0.127 e. The van der Waals surface area contributed by atoms with Gasteiger partial charge in [-0.3, -0.25) is 4.98 Å². The SMILES string of the molecule is Oc1ccc(-c2cccnc2)c(O)c1. The summed E-state index contributed by atoms with van der Waals surface area (Å²) in [5.74, 6) is 0.105. The molecular weight excluding hydrogens is 178 g/mol. The van der Waals surface area contributed by atoms with Gasteiger partial charge < -0.3 is 10.2 Å². The van der Waals surface area contributed by atoms with Crippen LogP contribution in [0.2, 0.25) is 0 Å². The number of hydrogen-bond donors (Lipinski definition) is 2. The van der Waals surface area contributed by atoms with E-state index in [2.05, 4.69) is 4.98 Å². The van der Waals surface area contributed by atoms with Crippen LogP contribution in [0.1, 0.15) is 0 Å². The van der Waals surface area contributed by atoms with Gasteiger partial charge in [-0.1, -0.05) is 6.07 Å². The molecule has 14 heavy (non-hydrogen) atoms. The van der Waals surface area contributed by atoms with Crippen molar-refractivity contribution >= 4 is 0 Å². The van der Waals surface area contributed by atoms with E-state index in [0.717, 1.165) is 5.56 Å². The molecule has 2 N–H and O–H groups in total. The molecule has 0 amide bonds. The van der Waals surface area contributed by atoms with Crippen LogP contribution in [0.3, 0.4) is 0 Å². The number of hydrogen-bond acceptors (Lipinski definition) is 3. The molecule has 0 fully saturated rings. The summed E-state index contributed by atoms with van der Waals surface area (Å²) in [7, 11) is 0. The van der Waals surface area contributed by atoms with Crippen molar-refractivity contribution in [3.63, 3.8) is 0 Å². The second-order valence-corrected chi connectivity index (χ2v) is 2.94. The van der Waals surface area contributed by atoms with Gasteiger partial charge in [0.25, 0.3) is 0 Å². The average Bonchev–Trinajstić information content (AvgIpc) is 2.19. The Labute approximate surface area is 81.3 Å². The molecule has 0 aliphatic rings. The Morgan fingerprint density at radius 3 is 2.57 bits per heavy atom. The van der Waals surface area contributed by atoms with Crippen molar-refractivity contribution in [1.29, 1.82) is 0 Å². The van der Waals surface area contributed by atoms with Gasteiger partial charge in [-0.05, 0) is 18.2 Å². The van der Waals surface area contributed by atoms with Crippen molar-refractivity contribution in [2.24, 2.45) is 0 Å². The second-order valence-electron chi connectivity index (χ2n) is 2.94. The van der Waals surface area contributed by atoms with Gasteiger partial charge in [0.2, 0.25) is 0 Å². The molecule has 3 nitrogen and oxygen atoms in total. The topological polar surface area (TPSA) is 53.4 Å². The molecule has 70 valence electrons. The predicted octanol–water partition coefficient (Wildman–Crippen LogP) is 2.16. The molecule has 2 aromatic rings. The summed E-state index contributed by atoms with van der Waals surface area (Å²) in [6.07, 6.45) is 3.33. The van der Waals surface area contributed by atoms with Gasteiger partial charge in [-0.2, -0.15) is 0 Å². The van der Waals surface area contributed by atoms with Crippen molar-refractivity contribution in [2.45, 2.75) is 0 Å². The summed E-state index contributed by atoms with van der Waals surface area (Å²) < 4.78 is 0. The molecule has 3 heteroatoms. The van der Waals surface area contributed by atoms with E-state index in [-0.39, 0.29) is 11.5 Å². The maximum Gasteiger partial charge on any atom is 0.127 e. The van der Waals surface area contributed by atoms with Crippen LogP contribution in [-0.4, -0.2) is 15.2 Å². The van der Waals surface area contributed by atoms with Crippen molar-refractivity contribution in [3.05, 3.63) is 42.7 Å². The molecule has 0 saturated heterocycles. The average molecular weight is 187 g/mol. The molecule has 0 spiro atoms. The summed E-state index contributed by atoms with van der Waals surface area (Å²) in [4.78, 5) is 3.95. The van der Waals surface area contributed by atoms with Gasteiger partial charge >= 0.3 is 0 Å². The molecular formula is C11H9NO2. The number of pyridine rings is 1. The number of phenols is 2. The molecule has 0 aliphatic carbocycles. The fourth-order valence-electron chi connectivity index (χ4n) is 1.29. The minimum atomic E-state index is 0.0511. The Kier molecular flexibility index (Phi) is 2.07. The first-order chi connectivity index (χ1) is 6.77. The minimum Gasteiger partial charge on any atom is -0.508 e. The third-order valence-electron chi connectivity index (χ3n) is 1.95. The van der Waals surface area contributed by atoms with E-state index in [9.17, 15) is 5.11 Å². The number of benzene rings is 1. The Morgan fingerprint density at radius 1 is 1.07 bits per heavy atom. The summed E-state index contributed by atoms with van der Waals surface area (Å²) >= 11 is 0. The summed E-state index contributed by atoms with van der Waals surface area (Å²) in [6.45, 7) is 0. The fourth-order valence-corrected chi connectivity index (χ4v) is 1.29. The van der Waals surface area contributed by atoms with Crippen LogP contribution in [0.15, 0.2) is 42.7 Å². The van der Waals surface area contributed by atoms with Crippen molar-refractivity contribution < 1.29 is 10.2 Å². The maximum absolute atomic E-state index is 9.56. The van der Waals surface area contributed by atoms with Crippen LogP contribution < -0.4 is 0 Å². The lowest BCUT2D eigenvalue weighted by molar-refractivity contribution is 0.452. The Morgan fingerprint density at radius 2 is 1.93 bits per heavy atom. The molecule has 0 aliphatic heterocycles. The normalized spacial score (nSPS) is 10.0. The van der Waals surface area contributed by atoms with E-state index in [1.807, 2.05) is 6.07 Å². The Balaban J connectivity index is 2.53. The zero-order valence-corrected chi connectivity index (χ0v) is 7.38. The Bertz CT molecular complexity index is 440. The quantitative estimate of drug-likeness (QED) is 0.719. The van der Waals surface area contributed by atoms with Gasteiger partial charge in [0, 0.05) is 29.6 Å². The number of aromatic hydroxyl groups is 2. The van der Waals surface area contributed by atoms with Gasteiger partial charge in [0.05, 0.1) is 0 Å². The molecule has 0 saturated carbocycles. The van der Waals surface area contributed by atoms with Crippen LogP contribution >= 0.6 is 0 Å². The minimum absolute atomic E-state index is 0.0511. The number of nitrogens with zero attached hydrogens (tertiary/aromatic N) is 1. The van der Waals surface area contributed by atoms with E-state index >= 15 is 0 Å². The van der Waals surface area contributed by atoms with Crippen molar-refractivity contribution in [3.8, 4) is 22.6 Å². The largest absolute Gasteiger partial charge is 0.508 e. The van der Waals surface area contributed by atoms with Gasteiger partial charge in [-0.25, -0.2) is 0 Å². The highest BCUT2D eigenvalue weighted by molar-refractivity contribution is 5.70. The van der Waals surface area contributed by atoms with Crippen LogP contribution in [-0.2, 0) is 0 Å². The second kappa shape index (κ2) is 3.38. The molecule has 1 heterocycles. The van der Waals surface area contributed by atoms with E-state index < -0.39 is 0 Å². The van der Waals surface area contributed by atoms with E-state index in [1.54, 1.807) is 24.5 Å². The first-order valence-electron chi connectivity index (χ1n) is 4.20. The van der Waals surface area contributed by atoms with Crippen molar-refractivity contribution in [1.82, 2.24) is 4.98 Å². The fraction of sp³-hybridized carbons (Fsp3) is 0. The van der Waals surface area contributed by atoms with Gasteiger partial charge in [0.15, 0.2) is 0 Å². The lowest BCUT2D eigenvalue weighted by atomic mass is 10.1. The highest BCUT2D eigenvalue weighted by atomic mass is 16.3. The first kappa shape index (κ1) is 8.56.